The number of benzene rings is 2. The molecule has 118 valence electrons. The van der Waals surface area contributed by atoms with Crippen LogP contribution in [0.25, 0.3) is 0 Å². The Kier molecular flexibility index (Phi) is 3.89. The molecule has 0 aromatic heterocycles. The number of hydrogen-bond acceptors (Lipinski definition) is 4. The fourth-order valence-electron chi connectivity index (χ4n) is 2.24. The zero-order valence-electron chi connectivity index (χ0n) is 12.4. The SMILES string of the molecule is CC(C(=O)O)c1ccc(NC(=O)c2ccc3c(c2)OCO3)cc1. The molecule has 1 heterocycles. The molecule has 6 nitrogen and oxygen atoms in total. The second-order valence-corrected chi connectivity index (χ2v) is 5.20. The van der Waals surface area contributed by atoms with Crippen molar-refractivity contribution in [1.82, 2.24) is 0 Å². The number of carbonyl (C=O) groups excluding carboxylic acids is 1. The van der Waals surface area contributed by atoms with Gasteiger partial charge in [-0.05, 0) is 42.8 Å². The Morgan fingerprint density at radius 1 is 1.09 bits per heavy atom. The van der Waals surface area contributed by atoms with Gasteiger partial charge in [-0.3, -0.25) is 9.59 Å². The first-order valence-electron chi connectivity index (χ1n) is 7.08. The molecular formula is C17H15NO5. The van der Waals surface area contributed by atoms with Crippen molar-refractivity contribution in [3.05, 3.63) is 53.6 Å². The minimum Gasteiger partial charge on any atom is -0.481 e. The predicted octanol–water partition coefficient (Wildman–Crippen LogP) is 2.86. The van der Waals surface area contributed by atoms with E-state index < -0.39 is 11.9 Å². The van der Waals surface area contributed by atoms with Crippen LogP contribution in [-0.2, 0) is 4.79 Å². The summed E-state index contributed by atoms with van der Waals surface area (Å²) in [5, 5.41) is 11.7. The average molecular weight is 313 g/mol. The maximum Gasteiger partial charge on any atom is 0.310 e. The molecule has 1 unspecified atom stereocenters. The highest BCUT2D eigenvalue weighted by atomic mass is 16.7. The number of amides is 1. The van der Waals surface area contributed by atoms with Crippen LogP contribution in [-0.4, -0.2) is 23.8 Å². The van der Waals surface area contributed by atoms with E-state index in [1.54, 1.807) is 49.4 Å². The number of rotatable bonds is 4. The molecule has 0 radical (unpaired) electrons. The number of aliphatic carboxylic acids is 1. The van der Waals surface area contributed by atoms with E-state index in [1.807, 2.05) is 0 Å². The molecular weight excluding hydrogens is 298 g/mol. The topological polar surface area (TPSA) is 84.9 Å². The van der Waals surface area contributed by atoms with E-state index in [-0.39, 0.29) is 12.7 Å². The third kappa shape index (κ3) is 3.11. The number of fused-ring (bicyclic) bond motifs is 1. The third-order valence-corrected chi connectivity index (χ3v) is 3.67. The van der Waals surface area contributed by atoms with E-state index in [4.69, 9.17) is 14.6 Å². The van der Waals surface area contributed by atoms with Crippen LogP contribution in [0.4, 0.5) is 5.69 Å². The minimum atomic E-state index is -0.887. The van der Waals surface area contributed by atoms with Gasteiger partial charge in [0.25, 0.3) is 5.91 Å². The Balaban J connectivity index is 1.71. The van der Waals surface area contributed by atoms with E-state index in [2.05, 4.69) is 5.32 Å². The van der Waals surface area contributed by atoms with Gasteiger partial charge < -0.3 is 19.9 Å². The number of nitrogens with one attached hydrogen (secondary N) is 1. The van der Waals surface area contributed by atoms with Gasteiger partial charge in [0, 0.05) is 11.3 Å². The maximum absolute atomic E-state index is 12.2. The molecule has 2 aromatic rings. The fraction of sp³-hybridized carbons (Fsp3) is 0.176. The normalized spacial score (nSPS) is 13.4. The summed E-state index contributed by atoms with van der Waals surface area (Å²) in [6.07, 6.45) is 0. The molecule has 0 aliphatic carbocycles. The molecule has 1 atom stereocenters. The molecule has 0 bridgehead atoms. The number of carboxylic acids is 1. The molecule has 23 heavy (non-hydrogen) atoms. The standard InChI is InChI=1S/C17H15NO5/c1-10(17(20)21)11-2-5-13(6-3-11)18-16(19)12-4-7-14-15(8-12)23-9-22-14/h2-8,10H,9H2,1H3,(H,18,19)(H,20,21). The summed E-state index contributed by atoms with van der Waals surface area (Å²) in [6.45, 7) is 1.77. The van der Waals surface area contributed by atoms with Crippen LogP contribution in [0.3, 0.4) is 0 Å². The average Bonchev–Trinajstić information content (AvgIpc) is 3.02. The van der Waals surface area contributed by atoms with Crippen molar-refractivity contribution < 1.29 is 24.2 Å². The predicted molar refractivity (Wildman–Crippen MR) is 83.0 cm³/mol. The van der Waals surface area contributed by atoms with Crippen molar-refractivity contribution in [1.29, 1.82) is 0 Å². The van der Waals surface area contributed by atoms with Crippen LogP contribution in [0.5, 0.6) is 11.5 Å². The lowest BCUT2D eigenvalue weighted by molar-refractivity contribution is -0.138. The lowest BCUT2D eigenvalue weighted by Gasteiger charge is -2.09. The summed E-state index contributed by atoms with van der Waals surface area (Å²) in [4.78, 5) is 23.2. The first-order valence-corrected chi connectivity index (χ1v) is 7.08. The van der Waals surface area contributed by atoms with Crippen LogP contribution < -0.4 is 14.8 Å². The number of hydrogen-bond donors (Lipinski definition) is 2. The lowest BCUT2D eigenvalue weighted by Crippen LogP contribution is -2.12. The first-order chi connectivity index (χ1) is 11.0. The van der Waals surface area contributed by atoms with E-state index in [9.17, 15) is 9.59 Å². The summed E-state index contributed by atoms with van der Waals surface area (Å²) < 4.78 is 10.5. The molecule has 0 spiro atoms. The van der Waals surface area contributed by atoms with Crippen LogP contribution in [0.15, 0.2) is 42.5 Å². The van der Waals surface area contributed by atoms with Crippen molar-refractivity contribution in [2.45, 2.75) is 12.8 Å². The molecule has 0 saturated heterocycles. The Labute approximate surface area is 132 Å². The molecule has 0 saturated carbocycles. The summed E-state index contributed by atoms with van der Waals surface area (Å²) in [5.74, 6) is -0.588. The molecule has 3 rings (SSSR count). The van der Waals surface area contributed by atoms with E-state index in [0.717, 1.165) is 0 Å². The van der Waals surface area contributed by atoms with Gasteiger partial charge in [0.15, 0.2) is 11.5 Å². The highest BCUT2D eigenvalue weighted by Crippen LogP contribution is 2.32. The van der Waals surface area contributed by atoms with Crippen molar-refractivity contribution in [3.63, 3.8) is 0 Å². The Bertz CT molecular complexity index is 754. The number of ether oxygens (including phenoxy) is 2. The second kappa shape index (κ2) is 6.00. The summed E-state index contributed by atoms with van der Waals surface area (Å²) >= 11 is 0. The molecule has 1 aliphatic rings. The van der Waals surface area contributed by atoms with Crippen LogP contribution in [0, 0.1) is 0 Å². The van der Waals surface area contributed by atoms with Gasteiger partial charge >= 0.3 is 5.97 Å². The van der Waals surface area contributed by atoms with Crippen molar-refractivity contribution in [2.24, 2.45) is 0 Å². The second-order valence-electron chi connectivity index (χ2n) is 5.20. The Hall–Kier alpha value is -3.02. The summed E-state index contributed by atoms with van der Waals surface area (Å²) in [6, 6.07) is 11.7. The Morgan fingerprint density at radius 3 is 2.48 bits per heavy atom. The van der Waals surface area contributed by atoms with E-state index in [0.29, 0.717) is 28.3 Å². The Morgan fingerprint density at radius 2 is 1.78 bits per heavy atom. The highest BCUT2D eigenvalue weighted by Gasteiger charge is 2.17. The highest BCUT2D eigenvalue weighted by molar-refractivity contribution is 6.04. The van der Waals surface area contributed by atoms with Gasteiger partial charge in [-0.25, -0.2) is 0 Å². The monoisotopic (exact) mass is 313 g/mol. The van der Waals surface area contributed by atoms with Gasteiger partial charge in [-0.2, -0.15) is 0 Å². The third-order valence-electron chi connectivity index (χ3n) is 3.67. The van der Waals surface area contributed by atoms with Gasteiger partial charge in [-0.1, -0.05) is 12.1 Å². The number of carboxylic acid groups (broad SMARTS) is 1. The zero-order valence-corrected chi connectivity index (χ0v) is 12.4. The molecule has 0 fully saturated rings. The van der Waals surface area contributed by atoms with E-state index >= 15 is 0 Å². The van der Waals surface area contributed by atoms with Crippen molar-refractivity contribution in [2.75, 3.05) is 12.1 Å². The maximum atomic E-state index is 12.2. The summed E-state index contributed by atoms with van der Waals surface area (Å²) in [5.41, 5.74) is 1.73. The molecule has 2 aromatic carbocycles. The first kappa shape index (κ1) is 14.9. The molecule has 1 aliphatic heterocycles. The van der Waals surface area contributed by atoms with Crippen LogP contribution in [0.2, 0.25) is 0 Å². The number of carbonyl (C=O) groups is 2. The lowest BCUT2D eigenvalue weighted by atomic mass is 10.0. The van der Waals surface area contributed by atoms with Gasteiger partial charge in [-0.15, -0.1) is 0 Å². The van der Waals surface area contributed by atoms with E-state index in [1.165, 1.54) is 0 Å². The number of anilines is 1. The van der Waals surface area contributed by atoms with Gasteiger partial charge in [0.1, 0.15) is 0 Å². The van der Waals surface area contributed by atoms with Crippen LogP contribution >= 0.6 is 0 Å². The fourth-order valence-corrected chi connectivity index (χ4v) is 2.24. The smallest absolute Gasteiger partial charge is 0.310 e. The van der Waals surface area contributed by atoms with Crippen LogP contribution in [0.1, 0.15) is 28.8 Å². The molecule has 2 N–H and O–H groups in total. The summed E-state index contributed by atoms with van der Waals surface area (Å²) in [7, 11) is 0. The van der Waals surface area contributed by atoms with Crippen molar-refractivity contribution >= 4 is 17.6 Å². The minimum absolute atomic E-state index is 0.156. The largest absolute Gasteiger partial charge is 0.481 e. The van der Waals surface area contributed by atoms with Gasteiger partial charge in [0.2, 0.25) is 6.79 Å². The zero-order chi connectivity index (χ0) is 16.4. The quantitative estimate of drug-likeness (QED) is 0.906. The molecule has 6 heteroatoms. The molecule has 1 amide bonds. The van der Waals surface area contributed by atoms with Gasteiger partial charge in [0.05, 0.1) is 5.92 Å². The van der Waals surface area contributed by atoms with Crippen molar-refractivity contribution in [3.8, 4) is 11.5 Å².